The van der Waals surface area contributed by atoms with E-state index in [0.29, 0.717) is 22.2 Å². The second-order valence-corrected chi connectivity index (χ2v) is 6.30. The van der Waals surface area contributed by atoms with Gasteiger partial charge in [-0.2, -0.15) is 5.26 Å². The van der Waals surface area contributed by atoms with Crippen molar-refractivity contribution in [1.29, 1.82) is 5.26 Å². The van der Waals surface area contributed by atoms with E-state index in [1.807, 2.05) is 72.3 Å². The first-order valence-electron chi connectivity index (χ1n) is 8.05. The Bertz CT molecular complexity index is 1160. The monoisotopic (exact) mass is 359 g/mol. The highest BCUT2D eigenvalue weighted by molar-refractivity contribution is 6.30. The van der Waals surface area contributed by atoms with Crippen LogP contribution in [0.4, 0.5) is 0 Å². The molecule has 0 aliphatic carbocycles. The summed E-state index contributed by atoms with van der Waals surface area (Å²) >= 11 is 5.92. The standard InChI is InChI=1S/C21H14ClN3O/c1-25-19-5-3-2-4-18(19)24-21(25)15(13-23)12-17-10-11-20(26-17)14-6-8-16(22)9-7-14/h2-12H,1H3. The topological polar surface area (TPSA) is 54.8 Å². The molecule has 0 aliphatic heterocycles. The summed E-state index contributed by atoms with van der Waals surface area (Å²) in [6, 6.07) is 21.1. The van der Waals surface area contributed by atoms with Gasteiger partial charge in [0.15, 0.2) is 5.82 Å². The van der Waals surface area contributed by atoms with Crippen molar-refractivity contribution in [2.45, 2.75) is 0 Å². The third-order valence-corrected chi connectivity index (χ3v) is 4.44. The van der Waals surface area contributed by atoms with Crippen LogP contribution in [0.1, 0.15) is 11.6 Å². The maximum Gasteiger partial charge on any atom is 0.151 e. The van der Waals surface area contributed by atoms with Gasteiger partial charge in [-0.25, -0.2) is 4.98 Å². The van der Waals surface area contributed by atoms with E-state index in [-0.39, 0.29) is 0 Å². The Morgan fingerprint density at radius 1 is 1.12 bits per heavy atom. The van der Waals surface area contributed by atoms with Gasteiger partial charge in [-0.15, -0.1) is 0 Å². The fourth-order valence-corrected chi connectivity index (χ4v) is 3.00. The van der Waals surface area contributed by atoms with Crippen molar-refractivity contribution >= 4 is 34.3 Å². The minimum Gasteiger partial charge on any atom is -0.457 e. The lowest BCUT2D eigenvalue weighted by atomic mass is 10.2. The van der Waals surface area contributed by atoms with Crippen molar-refractivity contribution in [3.63, 3.8) is 0 Å². The lowest BCUT2D eigenvalue weighted by Gasteiger charge is -2.00. The van der Waals surface area contributed by atoms with Crippen molar-refractivity contribution in [2.75, 3.05) is 0 Å². The van der Waals surface area contributed by atoms with Crippen LogP contribution in [-0.2, 0) is 7.05 Å². The van der Waals surface area contributed by atoms with Crippen LogP contribution in [0.2, 0.25) is 5.02 Å². The number of aromatic nitrogens is 2. The summed E-state index contributed by atoms with van der Waals surface area (Å²) in [5.41, 5.74) is 3.20. The molecule has 0 radical (unpaired) electrons. The van der Waals surface area contributed by atoms with Crippen molar-refractivity contribution < 1.29 is 4.42 Å². The third-order valence-electron chi connectivity index (χ3n) is 4.19. The highest BCUT2D eigenvalue weighted by atomic mass is 35.5. The van der Waals surface area contributed by atoms with Gasteiger partial charge >= 0.3 is 0 Å². The Morgan fingerprint density at radius 2 is 1.88 bits per heavy atom. The molecule has 0 aliphatic rings. The minimum atomic E-state index is 0.445. The second-order valence-electron chi connectivity index (χ2n) is 5.86. The van der Waals surface area contributed by atoms with Gasteiger partial charge in [0.1, 0.15) is 17.6 Å². The summed E-state index contributed by atoms with van der Waals surface area (Å²) in [6.07, 6.45) is 1.71. The molecule has 2 aromatic heterocycles. The van der Waals surface area contributed by atoms with Crippen LogP contribution >= 0.6 is 11.6 Å². The summed E-state index contributed by atoms with van der Waals surface area (Å²) in [6.45, 7) is 0. The fourth-order valence-electron chi connectivity index (χ4n) is 2.88. The number of allylic oxidation sites excluding steroid dienone is 1. The molecular formula is C21H14ClN3O. The predicted octanol–water partition coefficient (Wildman–Crippen LogP) is 5.55. The van der Waals surface area contributed by atoms with Crippen molar-refractivity contribution in [3.8, 4) is 17.4 Å². The third kappa shape index (κ3) is 2.90. The number of para-hydroxylation sites is 2. The van der Waals surface area contributed by atoms with Gasteiger partial charge in [-0.05, 0) is 48.5 Å². The molecule has 2 aromatic carbocycles. The number of hydrogen-bond donors (Lipinski definition) is 0. The molecule has 0 amide bonds. The SMILES string of the molecule is Cn1c(C(C#N)=Cc2ccc(-c3ccc(Cl)cc3)o2)nc2ccccc21. The number of nitriles is 1. The van der Waals surface area contributed by atoms with E-state index in [2.05, 4.69) is 11.1 Å². The van der Waals surface area contributed by atoms with Crippen LogP contribution in [0.15, 0.2) is 65.1 Å². The van der Waals surface area contributed by atoms with E-state index >= 15 is 0 Å². The van der Waals surface area contributed by atoms with Crippen LogP contribution in [0.3, 0.4) is 0 Å². The van der Waals surface area contributed by atoms with Crippen LogP contribution < -0.4 is 0 Å². The first kappa shape index (κ1) is 16.2. The summed E-state index contributed by atoms with van der Waals surface area (Å²) in [5.74, 6) is 1.92. The van der Waals surface area contributed by atoms with Gasteiger partial charge in [0.25, 0.3) is 0 Å². The Kier molecular flexibility index (Phi) is 4.08. The van der Waals surface area contributed by atoms with Crippen molar-refractivity contribution in [1.82, 2.24) is 9.55 Å². The highest BCUT2D eigenvalue weighted by Crippen LogP contribution is 2.27. The van der Waals surface area contributed by atoms with E-state index < -0.39 is 0 Å². The molecule has 0 atom stereocenters. The zero-order valence-electron chi connectivity index (χ0n) is 14.0. The summed E-state index contributed by atoms with van der Waals surface area (Å²) in [5, 5.41) is 10.3. The number of fused-ring (bicyclic) bond motifs is 1. The van der Waals surface area contributed by atoms with Crippen LogP contribution in [0.25, 0.3) is 34.0 Å². The Morgan fingerprint density at radius 3 is 2.62 bits per heavy atom. The van der Waals surface area contributed by atoms with Crippen LogP contribution in [0.5, 0.6) is 0 Å². The van der Waals surface area contributed by atoms with E-state index in [0.717, 1.165) is 22.4 Å². The Hall–Kier alpha value is -3.29. The van der Waals surface area contributed by atoms with Crippen LogP contribution in [-0.4, -0.2) is 9.55 Å². The molecule has 4 rings (SSSR count). The van der Waals surface area contributed by atoms with E-state index in [1.165, 1.54) is 0 Å². The number of furan rings is 1. The van der Waals surface area contributed by atoms with E-state index in [1.54, 1.807) is 6.08 Å². The summed E-state index contributed by atoms with van der Waals surface area (Å²) in [4.78, 5) is 4.57. The van der Waals surface area contributed by atoms with Gasteiger partial charge in [0.2, 0.25) is 0 Å². The molecule has 4 aromatic rings. The molecule has 126 valence electrons. The van der Waals surface area contributed by atoms with Gasteiger partial charge < -0.3 is 8.98 Å². The maximum absolute atomic E-state index is 9.62. The minimum absolute atomic E-state index is 0.445. The first-order valence-corrected chi connectivity index (χ1v) is 8.43. The zero-order valence-corrected chi connectivity index (χ0v) is 14.7. The first-order chi connectivity index (χ1) is 12.7. The quantitative estimate of drug-likeness (QED) is 0.450. The number of imidazole rings is 1. The Labute approximate surface area is 155 Å². The van der Waals surface area contributed by atoms with E-state index in [9.17, 15) is 5.26 Å². The number of aryl methyl sites for hydroxylation is 1. The fraction of sp³-hybridized carbons (Fsp3) is 0.0476. The normalized spacial score (nSPS) is 11.7. The van der Waals surface area contributed by atoms with Gasteiger partial charge in [-0.3, -0.25) is 0 Å². The van der Waals surface area contributed by atoms with E-state index in [4.69, 9.17) is 16.0 Å². The number of benzene rings is 2. The number of halogens is 1. The Balaban J connectivity index is 1.73. The molecule has 0 spiro atoms. The zero-order chi connectivity index (χ0) is 18.1. The molecular weight excluding hydrogens is 346 g/mol. The molecule has 0 unspecified atom stereocenters. The molecule has 26 heavy (non-hydrogen) atoms. The lowest BCUT2D eigenvalue weighted by molar-refractivity contribution is 0.572. The summed E-state index contributed by atoms with van der Waals surface area (Å²) < 4.78 is 7.78. The number of hydrogen-bond acceptors (Lipinski definition) is 3. The second kappa shape index (κ2) is 6.55. The molecule has 0 fully saturated rings. The predicted molar refractivity (Wildman–Crippen MR) is 103 cm³/mol. The van der Waals surface area contributed by atoms with Crippen molar-refractivity contribution in [2.24, 2.45) is 7.05 Å². The highest BCUT2D eigenvalue weighted by Gasteiger charge is 2.13. The molecule has 4 nitrogen and oxygen atoms in total. The number of nitrogens with zero attached hydrogens (tertiary/aromatic N) is 3. The van der Waals surface area contributed by atoms with Gasteiger partial charge in [0.05, 0.1) is 16.6 Å². The molecule has 0 N–H and O–H groups in total. The largest absolute Gasteiger partial charge is 0.457 e. The molecule has 0 saturated carbocycles. The van der Waals surface area contributed by atoms with Gasteiger partial charge in [-0.1, -0.05) is 23.7 Å². The van der Waals surface area contributed by atoms with Crippen LogP contribution in [0, 0.1) is 11.3 Å². The lowest BCUT2D eigenvalue weighted by Crippen LogP contribution is -1.95. The maximum atomic E-state index is 9.62. The molecule has 2 heterocycles. The average Bonchev–Trinajstić information content (AvgIpc) is 3.26. The molecule has 0 bridgehead atoms. The van der Waals surface area contributed by atoms with Gasteiger partial charge in [0, 0.05) is 23.7 Å². The molecule has 5 heteroatoms. The van der Waals surface area contributed by atoms with Crippen molar-refractivity contribution in [3.05, 3.63) is 77.3 Å². The summed E-state index contributed by atoms with van der Waals surface area (Å²) in [7, 11) is 1.90. The average molecular weight is 360 g/mol. The molecule has 0 saturated heterocycles. The smallest absolute Gasteiger partial charge is 0.151 e. The number of rotatable bonds is 3.